The van der Waals surface area contributed by atoms with Crippen molar-refractivity contribution >= 4 is 35.1 Å². The van der Waals surface area contributed by atoms with E-state index < -0.39 is 30.3 Å². The minimum absolute atomic E-state index is 0.0983. The van der Waals surface area contributed by atoms with Crippen LogP contribution in [-0.4, -0.2) is 43.5 Å². The van der Waals surface area contributed by atoms with Crippen LogP contribution in [0.2, 0.25) is 0 Å². The van der Waals surface area contributed by atoms with Gasteiger partial charge in [0, 0.05) is 11.8 Å². The third-order valence-electron chi connectivity index (χ3n) is 5.29. The third kappa shape index (κ3) is 3.95. The Kier molecular flexibility index (Phi) is 5.43. The standard InChI is InChI=1S/C25H18N2O7/c28-22(26-16-8-9-20-21(13-16)33-11-10-32-20)14-34-25(31)15-4-3-5-17(12-15)27-23(29)18-6-1-2-7-19(18)24(27)30/h1-9,12-13H,10-11,14H2,(H,26,28). The van der Waals surface area contributed by atoms with E-state index in [0.717, 1.165) is 4.90 Å². The van der Waals surface area contributed by atoms with Crippen LogP contribution < -0.4 is 19.7 Å². The summed E-state index contributed by atoms with van der Waals surface area (Å²) in [5.74, 6) is -1.13. The number of hydrogen-bond acceptors (Lipinski definition) is 7. The Morgan fingerprint density at radius 2 is 1.56 bits per heavy atom. The average molecular weight is 458 g/mol. The maximum Gasteiger partial charge on any atom is 0.338 e. The predicted octanol–water partition coefficient (Wildman–Crippen LogP) is 3.05. The van der Waals surface area contributed by atoms with E-state index in [1.54, 1.807) is 48.5 Å². The highest BCUT2D eigenvalue weighted by atomic mass is 16.6. The highest BCUT2D eigenvalue weighted by Gasteiger charge is 2.36. The second-order valence-electron chi connectivity index (χ2n) is 7.52. The van der Waals surface area contributed by atoms with Gasteiger partial charge < -0.3 is 19.5 Å². The fourth-order valence-electron chi connectivity index (χ4n) is 3.73. The van der Waals surface area contributed by atoms with Crippen LogP contribution in [0.1, 0.15) is 31.1 Å². The number of carbonyl (C=O) groups excluding carboxylic acids is 4. The summed E-state index contributed by atoms with van der Waals surface area (Å²) in [6.45, 7) is 0.356. The van der Waals surface area contributed by atoms with Gasteiger partial charge in [0.25, 0.3) is 17.7 Å². The third-order valence-corrected chi connectivity index (χ3v) is 5.29. The molecule has 3 aromatic carbocycles. The number of rotatable bonds is 5. The number of benzene rings is 3. The first kappa shape index (κ1) is 21.2. The van der Waals surface area contributed by atoms with Gasteiger partial charge in [-0.3, -0.25) is 14.4 Å². The summed E-state index contributed by atoms with van der Waals surface area (Å²) in [4.78, 5) is 51.1. The van der Waals surface area contributed by atoms with Gasteiger partial charge in [0.1, 0.15) is 13.2 Å². The van der Waals surface area contributed by atoms with E-state index >= 15 is 0 Å². The van der Waals surface area contributed by atoms with E-state index in [1.165, 1.54) is 18.2 Å². The summed E-state index contributed by atoms with van der Waals surface area (Å²) in [5.41, 5.74) is 1.41. The molecule has 0 atom stereocenters. The van der Waals surface area contributed by atoms with E-state index in [2.05, 4.69) is 5.32 Å². The molecule has 3 amide bonds. The molecule has 5 rings (SSSR count). The summed E-state index contributed by atoms with van der Waals surface area (Å²) in [6.07, 6.45) is 0. The Balaban J connectivity index is 1.23. The van der Waals surface area contributed by atoms with Crippen molar-refractivity contribution in [2.24, 2.45) is 0 Å². The molecule has 0 radical (unpaired) electrons. The summed E-state index contributed by atoms with van der Waals surface area (Å²) in [7, 11) is 0. The normalized spacial score (nSPS) is 13.9. The fourth-order valence-corrected chi connectivity index (χ4v) is 3.73. The Hall–Kier alpha value is -4.66. The molecule has 0 fully saturated rings. The number of ether oxygens (including phenoxy) is 3. The van der Waals surface area contributed by atoms with Gasteiger partial charge >= 0.3 is 5.97 Å². The Bertz CT molecular complexity index is 1300. The van der Waals surface area contributed by atoms with Gasteiger partial charge in [-0.1, -0.05) is 18.2 Å². The number of esters is 1. The Morgan fingerprint density at radius 1 is 0.853 bits per heavy atom. The number of carbonyl (C=O) groups is 4. The smallest absolute Gasteiger partial charge is 0.338 e. The lowest BCUT2D eigenvalue weighted by atomic mass is 10.1. The van der Waals surface area contributed by atoms with Crippen LogP contribution in [0.15, 0.2) is 66.7 Å². The first-order chi connectivity index (χ1) is 16.5. The van der Waals surface area contributed by atoms with Crippen molar-refractivity contribution in [2.45, 2.75) is 0 Å². The summed E-state index contributed by atoms with van der Waals surface area (Å²) in [6, 6.07) is 17.4. The summed E-state index contributed by atoms with van der Waals surface area (Å²) >= 11 is 0. The van der Waals surface area contributed by atoms with E-state index in [9.17, 15) is 19.2 Å². The molecule has 0 spiro atoms. The van der Waals surface area contributed by atoms with Gasteiger partial charge in [-0.05, 0) is 42.5 Å². The molecule has 2 heterocycles. The summed E-state index contributed by atoms with van der Waals surface area (Å²) < 4.78 is 16.0. The maximum atomic E-state index is 12.7. The molecular formula is C25H18N2O7. The first-order valence-electron chi connectivity index (χ1n) is 10.5. The van der Waals surface area contributed by atoms with Crippen LogP contribution in [0.25, 0.3) is 0 Å². The van der Waals surface area contributed by atoms with Crippen molar-refractivity contribution in [3.8, 4) is 11.5 Å². The SMILES string of the molecule is O=C(COC(=O)c1cccc(N2C(=O)c3ccccc3C2=O)c1)Nc1ccc2c(c1)OCCO2. The maximum absolute atomic E-state index is 12.7. The highest BCUT2D eigenvalue weighted by Crippen LogP contribution is 2.32. The molecule has 2 aliphatic rings. The van der Waals surface area contributed by atoms with Gasteiger partial charge in [0.05, 0.1) is 22.4 Å². The topological polar surface area (TPSA) is 111 Å². The zero-order valence-corrected chi connectivity index (χ0v) is 17.8. The van der Waals surface area contributed by atoms with Crippen molar-refractivity contribution in [1.29, 1.82) is 0 Å². The monoisotopic (exact) mass is 458 g/mol. The van der Waals surface area contributed by atoms with E-state index in [-0.39, 0.29) is 11.3 Å². The molecule has 1 N–H and O–H groups in total. The largest absolute Gasteiger partial charge is 0.486 e. The number of nitrogens with one attached hydrogen (secondary N) is 1. The Labute approximate surface area is 193 Å². The van der Waals surface area contributed by atoms with Gasteiger partial charge in [-0.25, -0.2) is 9.69 Å². The van der Waals surface area contributed by atoms with E-state index in [0.29, 0.717) is 41.5 Å². The molecule has 3 aromatic rings. The van der Waals surface area contributed by atoms with Crippen LogP contribution in [-0.2, 0) is 9.53 Å². The van der Waals surface area contributed by atoms with Gasteiger partial charge in [-0.2, -0.15) is 0 Å². The molecule has 9 nitrogen and oxygen atoms in total. The minimum Gasteiger partial charge on any atom is -0.486 e. The van der Waals surface area contributed by atoms with Crippen LogP contribution in [0, 0.1) is 0 Å². The highest BCUT2D eigenvalue weighted by molar-refractivity contribution is 6.34. The fraction of sp³-hybridized carbons (Fsp3) is 0.120. The molecular weight excluding hydrogens is 440 g/mol. The number of imide groups is 1. The van der Waals surface area contributed by atoms with Crippen LogP contribution in [0.4, 0.5) is 11.4 Å². The quantitative estimate of drug-likeness (QED) is 0.462. The van der Waals surface area contributed by atoms with Crippen molar-refractivity contribution in [1.82, 2.24) is 0 Å². The number of hydrogen-bond donors (Lipinski definition) is 1. The number of amides is 3. The number of nitrogens with zero attached hydrogens (tertiary/aromatic N) is 1. The second kappa shape index (κ2) is 8.70. The van der Waals surface area contributed by atoms with E-state index in [1.807, 2.05) is 0 Å². The lowest BCUT2D eigenvalue weighted by Crippen LogP contribution is -2.29. The van der Waals surface area contributed by atoms with Crippen molar-refractivity contribution in [3.63, 3.8) is 0 Å². The molecule has 0 aromatic heterocycles. The lowest BCUT2D eigenvalue weighted by molar-refractivity contribution is -0.119. The first-order valence-corrected chi connectivity index (χ1v) is 10.5. The van der Waals surface area contributed by atoms with Gasteiger partial charge in [0.2, 0.25) is 0 Å². The van der Waals surface area contributed by atoms with Crippen molar-refractivity contribution < 1.29 is 33.4 Å². The zero-order valence-electron chi connectivity index (χ0n) is 17.8. The molecule has 0 unspecified atom stereocenters. The van der Waals surface area contributed by atoms with Gasteiger partial charge in [0.15, 0.2) is 18.1 Å². The molecule has 0 aliphatic carbocycles. The second-order valence-corrected chi connectivity index (χ2v) is 7.52. The van der Waals surface area contributed by atoms with Crippen LogP contribution in [0.3, 0.4) is 0 Å². The molecule has 34 heavy (non-hydrogen) atoms. The van der Waals surface area contributed by atoms with E-state index in [4.69, 9.17) is 14.2 Å². The number of anilines is 2. The van der Waals surface area contributed by atoms with Crippen LogP contribution >= 0.6 is 0 Å². The Morgan fingerprint density at radius 3 is 2.29 bits per heavy atom. The predicted molar refractivity (Wildman–Crippen MR) is 120 cm³/mol. The lowest BCUT2D eigenvalue weighted by Gasteiger charge is -2.19. The van der Waals surface area contributed by atoms with Crippen LogP contribution in [0.5, 0.6) is 11.5 Å². The van der Waals surface area contributed by atoms with Crippen molar-refractivity contribution in [2.75, 3.05) is 30.0 Å². The molecule has 9 heteroatoms. The molecule has 2 aliphatic heterocycles. The summed E-state index contributed by atoms with van der Waals surface area (Å²) in [5, 5.41) is 2.63. The minimum atomic E-state index is -0.768. The molecule has 0 bridgehead atoms. The zero-order chi connectivity index (χ0) is 23.7. The molecule has 0 saturated carbocycles. The van der Waals surface area contributed by atoms with Gasteiger partial charge in [-0.15, -0.1) is 0 Å². The molecule has 170 valence electrons. The van der Waals surface area contributed by atoms with Crippen molar-refractivity contribution in [3.05, 3.63) is 83.4 Å². The number of fused-ring (bicyclic) bond motifs is 2. The average Bonchev–Trinajstić information content (AvgIpc) is 3.12. The molecule has 0 saturated heterocycles.